The van der Waals surface area contributed by atoms with Gasteiger partial charge in [0.15, 0.2) is 11.6 Å². The summed E-state index contributed by atoms with van der Waals surface area (Å²) >= 11 is 0.723. The summed E-state index contributed by atoms with van der Waals surface area (Å²) in [7, 11) is 0. The summed E-state index contributed by atoms with van der Waals surface area (Å²) in [5.74, 6) is -2.47. The quantitative estimate of drug-likeness (QED) is 0.113. The molecule has 41 heavy (non-hydrogen) atoms. The number of ether oxygens (including phenoxy) is 1. The monoisotopic (exact) mass is 588 g/mol. The summed E-state index contributed by atoms with van der Waals surface area (Å²) in [6.45, 7) is 0.286. The molecule has 0 spiro atoms. The van der Waals surface area contributed by atoms with Gasteiger partial charge in [-0.15, -0.1) is 0 Å². The molecule has 2 aliphatic rings. The number of hydrogen-bond acceptors (Lipinski definition) is 10. The molecule has 0 atom stereocenters. The van der Waals surface area contributed by atoms with Gasteiger partial charge < -0.3 is 4.74 Å². The van der Waals surface area contributed by atoms with Gasteiger partial charge in [0.1, 0.15) is 0 Å². The van der Waals surface area contributed by atoms with Crippen molar-refractivity contribution in [3.05, 3.63) is 77.0 Å². The van der Waals surface area contributed by atoms with Gasteiger partial charge in [-0.05, 0) is 41.8 Å². The van der Waals surface area contributed by atoms with Crippen LogP contribution in [-0.2, 0) is 4.79 Å². The number of hydrogen-bond donors (Lipinski definition) is 0. The van der Waals surface area contributed by atoms with Crippen molar-refractivity contribution in [2.75, 3.05) is 6.54 Å². The molecular formula is C26H25FN4O9S. The highest BCUT2D eigenvalue weighted by Gasteiger charge is 2.35. The summed E-state index contributed by atoms with van der Waals surface area (Å²) in [4.78, 5) is 57.4. The fourth-order valence-electron chi connectivity index (χ4n) is 4.90. The largest absolute Gasteiger partial charge is 0.447 e. The van der Waals surface area contributed by atoms with Crippen LogP contribution in [0.2, 0.25) is 0 Å². The second-order valence-electron chi connectivity index (χ2n) is 9.71. The van der Waals surface area contributed by atoms with E-state index in [1.165, 1.54) is 44.2 Å². The maximum Gasteiger partial charge on any atom is 0.349 e. The van der Waals surface area contributed by atoms with Crippen LogP contribution in [0.5, 0.6) is 11.5 Å². The number of halogens is 1. The van der Waals surface area contributed by atoms with Crippen LogP contribution in [0.15, 0.2) is 35.2 Å². The lowest BCUT2D eigenvalue weighted by atomic mass is 9.86. The number of amides is 2. The van der Waals surface area contributed by atoms with Gasteiger partial charge in [-0.1, -0.05) is 51.0 Å². The first-order valence-corrected chi connectivity index (χ1v) is 13.7. The van der Waals surface area contributed by atoms with E-state index in [9.17, 15) is 44.3 Å². The number of nitrogens with zero attached hydrogens (tertiary/aromatic N) is 4. The van der Waals surface area contributed by atoms with E-state index in [1.54, 1.807) is 0 Å². The molecule has 0 N–H and O–H groups in total. The molecule has 1 saturated carbocycles. The third-order valence-electron chi connectivity index (χ3n) is 6.96. The van der Waals surface area contributed by atoms with E-state index in [4.69, 9.17) is 4.74 Å². The number of nitro benzene ring substituents is 3. The van der Waals surface area contributed by atoms with Crippen molar-refractivity contribution in [2.45, 2.75) is 51.4 Å². The minimum Gasteiger partial charge on any atom is -0.447 e. The topological polar surface area (TPSA) is 176 Å². The Bertz CT molecular complexity index is 1440. The van der Waals surface area contributed by atoms with E-state index in [-0.39, 0.29) is 17.0 Å². The summed E-state index contributed by atoms with van der Waals surface area (Å²) < 4.78 is 19.6. The zero-order chi connectivity index (χ0) is 29.7. The smallest absolute Gasteiger partial charge is 0.349 e. The minimum atomic E-state index is -1.34. The minimum absolute atomic E-state index is 0.0854. The molecule has 13 nitrogen and oxygen atoms in total. The average Bonchev–Trinajstić information content (AvgIpc) is 3.20. The maximum atomic E-state index is 14.4. The molecule has 0 radical (unpaired) electrons. The molecule has 1 heterocycles. The molecule has 0 bridgehead atoms. The molecule has 15 heteroatoms. The summed E-state index contributed by atoms with van der Waals surface area (Å²) in [6.07, 6.45) is 10.2. The normalized spacial score (nSPS) is 16.8. The molecule has 2 aromatic rings. The SMILES string of the molecule is O=C1S/C(=C\c2ccc(Oc3cc([N+](=O)[O-])c([N+](=O)[O-])cc3F)c([N+](=O)[O-])c2)C(=O)N1CCCCC1CCCCC1. The Morgan fingerprint density at radius 1 is 0.902 bits per heavy atom. The molecule has 1 aliphatic heterocycles. The van der Waals surface area contributed by atoms with Gasteiger partial charge in [0.2, 0.25) is 5.75 Å². The molecule has 2 amide bonds. The number of carbonyl (C=O) groups excluding carboxylic acids is 2. The van der Waals surface area contributed by atoms with E-state index in [2.05, 4.69) is 0 Å². The molecule has 0 aromatic heterocycles. The van der Waals surface area contributed by atoms with Crippen LogP contribution >= 0.6 is 11.8 Å². The van der Waals surface area contributed by atoms with Crippen LogP contribution in [0.25, 0.3) is 6.08 Å². The fraction of sp³-hybridized carbons (Fsp3) is 0.385. The average molecular weight is 589 g/mol. The van der Waals surface area contributed by atoms with Gasteiger partial charge in [-0.25, -0.2) is 4.39 Å². The van der Waals surface area contributed by atoms with Crippen molar-refractivity contribution in [3.63, 3.8) is 0 Å². The van der Waals surface area contributed by atoms with Crippen LogP contribution in [0.1, 0.15) is 56.9 Å². The van der Waals surface area contributed by atoms with Crippen molar-refractivity contribution in [2.24, 2.45) is 5.92 Å². The second-order valence-corrected chi connectivity index (χ2v) is 10.7. The third kappa shape index (κ3) is 7.03. The lowest BCUT2D eigenvalue weighted by molar-refractivity contribution is -0.422. The van der Waals surface area contributed by atoms with Crippen molar-refractivity contribution in [1.82, 2.24) is 4.90 Å². The molecule has 1 aliphatic carbocycles. The van der Waals surface area contributed by atoms with Crippen molar-refractivity contribution in [1.29, 1.82) is 0 Å². The number of rotatable bonds is 11. The predicted octanol–water partition coefficient (Wildman–Crippen LogP) is 7.13. The molecule has 4 rings (SSSR count). The number of benzene rings is 2. The molecule has 0 unspecified atom stereocenters. The number of nitro groups is 3. The Morgan fingerprint density at radius 2 is 1.56 bits per heavy atom. The first kappa shape index (κ1) is 29.6. The number of carbonyl (C=O) groups is 2. The van der Waals surface area contributed by atoms with E-state index in [0.717, 1.165) is 41.6 Å². The van der Waals surface area contributed by atoms with Crippen molar-refractivity contribution < 1.29 is 33.5 Å². The molecule has 1 saturated heterocycles. The first-order valence-electron chi connectivity index (χ1n) is 12.9. The summed E-state index contributed by atoms with van der Waals surface area (Å²) in [5, 5.41) is 33.5. The van der Waals surface area contributed by atoms with E-state index in [1.807, 2.05) is 0 Å². The van der Waals surface area contributed by atoms with Gasteiger partial charge in [0.25, 0.3) is 11.1 Å². The highest BCUT2D eigenvalue weighted by Crippen LogP contribution is 2.39. The van der Waals surface area contributed by atoms with Crippen molar-refractivity contribution >= 4 is 46.0 Å². The lowest BCUT2D eigenvalue weighted by Crippen LogP contribution is -2.29. The fourth-order valence-corrected chi connectivity index (χ4v) is 5.76. The van der Waals surface area contributed by atoms with Gasteiger partial charge in [0, 0.05) is 12.6 Å². The van der Waals surface area contributed by atoms with Crippen LogP contribution in [0.3, 0.4) is 0 Å². The van der Waals surface area contributed by atoms with Gasteiger partial charge in [-0.3, -0.25) is 44.8 Å². The third-order valence-corrected chi connectivity index (χ3v) is 7.87. The zero-order valence-electron chi connectivity index (χ0n) is 21.7. The molecule has 2 fully saturated rings. The standard InChI is InChI=1S/C26H25FN4O9S/c27-18-14-19(29(34)35)20(30(36)37)15-23(18)40-22-10-9-17(12-21(22)31(38)39)13-24-25(32)28(26(33)41-24)11-5-4-8-16-6-2-1-3-7-16/h9-10,12-16H,1-8,11H2/b24-13-. The van der Waals surface area contributed by atoms with E-state index < -0.39 is 60.3 Å². The van der Waals surface area contributed by atoms with E-state index in [0.29, 0.717) is 24.5 Å². The Hall–Kier alpha value is -4.40. The predicted molar refractivity (Wildman–Crippen MR) is 146 cm³/mol. The molecule has 2 aromatic carbocycles. The Labute approximate surface area is 236 Å². The Kier molecular flexibility index (Phi) is 9.27. The number of thioether (sulfide) groups is 1. The number of imide groups is 1. The number of unbranched alkanes of at least 4 members (excludes halogenated alkanes) is 1. The summed E-state index contributed by atoms with van der Waals surface area (Å²) in [6, 6.07) is 4.20. The molecular weight excluding hydrogens is 563 g/mol. The van der Waals surface area contributed by atoms with Crippen LogP contribution in [0.4, 0.5) is 26.2 Å². The first-order chi connectivity index (χ1) is 19.5. The van der Waals surface area contributed by atoms with Gasteiger partial charge >= 0.3 is 17.1 Å². The summed E-state index contributed by atoms with van der Waals surface area (Å²) in [5.41, 5.74) is -2.65. The Balaban J connectivity index is 1.48. The van der Waals surface area contributed by atoms with Crippen LogP contribution < -0.4 is 4.74 Å². The van der Waals surface area contributed by atoms with Crippen LogP contribution in [0, 0.1) is 42.1 Å². The van der Waals surface area contributed by atoms with Gasteiger partial charge in [0.05, 0.1) is 31.8 Å². The zero-order valence-corrected chi connectivity index (χ0v) is 22.5. The Morgan fingerprint density at radius 3 is 2.22 bits per heavy atom. The van der Waals surface area contributed by atoms with E-state index >= 15 is 0 Å². The highest BCUT2D eigenvalue weighted by atomic mass is 32.2. The second kappa shape index (κ2) is 12.8. The van der Waals surface area contributed by atoms with Crippen molar-refractivity contribution in [3.8, 4) is 11.5 Å². The highest BCUT2D eigenvalue weighted by molar-refractivity contribution is 8.18. The lowest BCUT2D eigenvalue weighted by Gasteiger charge is -2.21. The van der Waals surface area contributed by atoms with Crippen LogP contribution in [-0.4, -0.2) is 37.4 Å². The molecule has 216 valence electrons. The maximum absolute atomic E-state index is 14.4. The van der Waals surface area contributed by atoms with Gasteiger partial charge in [-0.2, -0.15) is 0 Å².